The Bertz CT molecular complexity index is 800. The molecule has 0 aliphatic heterocycles. The van der Waals surface area contributed by atoms with Gasteiger partial charge in [-0.25, -0.2) is 8.42 Å². The van der Waals surface area contributed by atoms with Crippen LogP contribution in [0.15, 0.2) is 51.8 Å². The second-order valence-electron chi connectivity index (χ2n) is 4.74. The van der Waals surface area contributed by atoms with Crippen LogP contribution in [-0.2, 0) is 9.84 Å². The van der Waals surface area contributed by atoms with Crippen LogP contribution in [0.25, 0.3) is 0 Å². The maximum atomic E-state index is 12.2. The SMILES string of the molecule is Cc1ccc(C(=O)Nc2cccc(S(C)(=O)=O)c2)c(Br)c1. The van der Waals surface area contributed by atoms with Gasteiger partial charge in [0.05, 0.1) is 10.5 Å². The van der Waals surface area contributed by atoms with Crippen molar-refractivity contribution < 1.29 is 13.2 Å². The summed E-state index contributed by atoms with van der Waals surface area (Å²) in [7, 11) is -3.30. The van der Waals surface area contributed by atoms with E-state index in [1.807, 2.05) is 19.1 Å². The normalized spacial score (nSPS) is 11.2. The first-order valence-corrected chi connectivity index (χ1v) is 8.83. The number of carbonyl (C=O) groups excluding carboxylic acids is 1. The molecule has 0 aliphatic rings. The van der Waals surface area contributed by atoms with Crippen LogP contribution in [0, 0.1) is 6.92 Å². The van der Waals surface area contributed by atoms with E-state index in [1.54, 1.807) is 18.2 Å². The largest absolute Gasteiger partial charge is 0.322 e. The molecule has 0 spiro atoms. The smallest absolute Gasteiger partial charge is 0.256 e. The van der Waals surface area contributed by atoms with Crippen LogP contribution in [0.4, 0.5) is 5.69 Å². The fraction of sp³-hybridized carbons (Fsp3) is 0.133. The summed E-state index contributed by atoms with van der Waals surface area (Å²) >= 11 is 3.35. The summed E-state index contributed by atoms with van der Waals surface area (Å²) in [6, 6.07) is 11.6. The Labute approximate surface area is 132 Å². The molecule has 0 atom stereocenters. The summed E-state index contributed by atoms with van der Waals surface area (Å²) in [5.41, 5.74) is 1.97. The van der Waals surface area contributed by atoms with Crippen LogP contribution in [0.5, 0.6) is 0 Å². The van der Waals surface area contributed by atoms with Gasteiger partial charge in [-0.2, -0.15) is 0 Å². The van der Waals surface area contributed by atoms with Crippen LogP contribution in [-0.4, -0.2) is 20.6 Å². The lowest BCUT2D eigenvalue weighted by Gasteiger charge is -2.08. The van der Waals surface area contributed by atoms with Gasteiger partial charge in [0.25, 0.3) is 5.91 Å². The molecule has 0 unspecified atom stereocenters. The Kier molecular flexibility index (Phi) is 4.49. The maximum Gasteiger partial charge on any atom is 0.256 e. The number of amides is 1. The van der Waals surface area contributed by atoms with Crippen molar-refractivity contribution in [1.29, 1.82) is 0 Å². The zero-order valence-electron chi connectivity index (χ0n) is 11.6. The lowest BCUT2D eigenvalue weighted by molar-refractivity contribution is 0.102. The van der Waals surface area contributed by atoms with E-state index in [1.165, 1.54) is 12.1 Å². The Morgan fingerprint density at radius 3 is 2.48 bits per heavy atom. The third-order valence-electron chi connectivity index (χ3n) is 2.89. The van der Waals surface area contributed by atoms with Crippen molar-refractivity contribution in [2.24, 2.45) is 0 Å². The summed E-state index contributed by atoms with van der Waals surface area (Å²) in [5, 5.41) is 2.70. The molecule has 0 radical (unpaired) electrons. The van der Waals surface area contributed by atoms with Gasteiger partial charge in [0.15, 0.2) is 9.84 Å². The number of nitrogens with one attached hydrogen (secondary N) is 1. The first kappa shape index (κ1) is 15.7. The van der Waals surface area contributed by atoms with Gasteiger partial charge in [0.1, 0.15) is 0 Å². The van der Waals surface area contributed by atoms with E-state index < -0.39 is 9.84 Å². The van der Waals surface area contributed by atoms with Crippen LogP contribution in [0.1, 0.15) is 15.9 Å². The average Bonchev–Trinajstić information content (AvgIpc) is 2.37. The molecule has 1 N–H and O–H groups in total. The highest BCUT2D eigenvalue weighted by Crippen LogP contribution is 2.21. The quantitative estimate of drug-likeness (QED) is 0.903. The highest BCUT2D eigenvalue weighted by molar-refractivity contribution is 9.10. The molecule has 2 rings (SSSR count). The van der Waals surface area contributed by atoms with Crippen LogP contribution < -0.4 is 5.32 Å². The number of hydrogen-bond donors (Lipinski definition) is 1. The highest BCUT2D eigenvalue weighted by atomic mass is 79.9. The van der Waals surface area contributed by atoms with Gasteiger partial charge in [0, 0.05) is 16.4 Å². The molecule has 0 aliphatic carbocycles. The number of aryl methyl sites for hydroxylation is 1. The third kappa shape index (κ3) is 3.92. The topological polar surface area (TPSA) is 63.2 Å². The average molecular weight is 368 g/mol. The molecule has 0 bridgehead atoms. The van der Waals surface area contributed by atoms with Crippen LogP contribution >= 0.6 is 15.9 Å². The summed E-state index contributed by atoms with van der Waals surface area (Å²) in [4.78, 5) is 12.4. The minimum atomic E-state index is -3.30. The minimum Gasteiger partial charge on any atom is -0.322 e. The molecule has 0 fully saturated rings. The third-order valence-corrected chi connectivity index (χ3v) is 4.66. The highest BCUT2D eigenvalue weighted by Gasteiger charge is 2.12. The van der Waals surface area contributed by atoms with Crippen molar-refractivity contribution in [2.75, 3.05) is 11.6 Å². The lowest BCUT2D eigenvalue weighted by atomic mass is 10.1. The Hall–Kier alpha value is -1.66. The second-order valence-corrected chi connectivity index (χ2v) is 7.61. The van der Waals surface area contributed by atoms with E-state index >= 15 is 0 Å². The molecular weight excluding hydrogens is 354 g/mol. The van der Waals surface area contributed by atoms with Gasteiger partial charge in [-0.15, -0.1) is 0 Å². The minimum absolute atomic E-state index is 0.170. The monoisotopic (exact) mass is 367 g/mol. The van der Waals surface area contributed by atoms with Crippen molar-refractivity contribution in [1.82, 2.24) is 0 Å². The van der Waals surface area contributed by atoms with E-state index in [-0.39, 0.29) is 10.8 Å². The Morgan fingerprint density at radius 1 is 1.14 bits per heavy atom. The molecular formula is C15H14BrNO3S. The summed E-state index contributed by atoms with van der Waals surface area (Å²) < 4.78 is 23.7. The van der Waals surface area contributed by atoms with Gasteiger partial charge in [-0.3, -0.25) is 4.79 Å². The van der Waals surface area contributed by atoms with Crippen LogP contribution in [0.3, 0.4) is 0 Å². The summed E-state index contributed by atoms with van der Waals surface area (Å²) in [5.74, 6) is -0.299. The molecule has 0 heterocycles. The predicted octanol–water partition coefficient (Wildman–Crippen LogP) is 3.41. The van der Waals surface area contributed by atoms with Crippen molar-refractivity contribution in [3.63, 3.8) is 0 Å². The predicted molar refractivity (Wildman–Crippen MR) is 86.4 cm³/mol. The van der Waals surface area contributed by atoms with Gasteiger partial charge >= 0.3 is 0 Å². The molecule has 6 heteroatoms. The summed E-state index contributed by atoms with van der Waals surface area (Å²) in [6.45, 7) is 1.93. The lowest BCUT2D eigenvalue weighted by Crippen LogP contribution is -2.13. The zero-order valence-corrected chi connectivity index (χ0v) is 14.0. The molecule has 110 valence electrons. The number of benzene rings is 2. The van der Waals surface area contributed by atoms with Crippen molar-refractivity contribution in [3.05, 3.63) is 58.1 Å². The molecule has 0 saturated heterocycles. The fourth-order valence-electron chi connectivity index (χ4n) is 1.81. The van der Waals surface area contributed by atoms with E-state index in [9.17, 15) is 13.2 Å². The van der Waals surface area contributed by atoms with Crippen molar-refractivity contribution in [2.45, 2.75) is 11.8 Å². The van der Waals surface area contributed by atoms with Crippen molar-refractivity contribution >= 4 is 37.4 Å². The van der Waals surface area contributed by atoms with E-state index in [0.717, 1.165) is 11.8 Å². The first-order valence-electron chi connectivity index (χ1n) is 6.15. The van der Waals surface area contributed by atoms with E-state index in [0.29, 0.717) is 15.7 Å². The zero-order chi connectivity index (χ0) is 15.6. The molecule has 2 aromatic carbocycles. The number of sulfone groups is 1. The van der Waals surface area contributed by atoms with Gasteiger partial charge < -0.3 is 5.32 Å². The molecule has 1 amide bonds. The van der Waals surface area contributed by atoms with Gasteiger partial charge in [-0.1, -0.05) is 12.1 Å². The standard InChI is InChI=1S/C15H14BrNO3S/c1-10-6-7-13(14(16)8-10)15(18)17-11-4-3-5-12(9-11)21(2,19)20/h3-9H,1-2H3,(H,17,18). The number of rotatable bonds is 3. The molecule has 21 heavy (non-hydrogen) atoms. The number of hydrogen-bond acceptors (Lipinski definition) is 3. The van der Waals surface area contributed by atoms with Gasteiger partial charge in [-0.05, 0) is 58.7 Å². The number of carbonyl (C=O) groups is 1. The van der Waals surface area contributed by atoms with E-state index in [2.05, 4.69) is 21.2 Å². The van der Waals surface area contributed by atoms with Crippen molar-refractivity contribution in [3.8, 4) is 0 Å². The second kappa shape index (κ2) is 5.99. The first-order chi connectivity index (χ1) is 9.77. The molecule has 2 aromatic rings. The maximum absolute atomic E-state index is 12.2. The fourth-order valence-corrected chi connectivity index (χ4v) is 3.15. The van der Waals surface area contributed by atoms with Crippen LogP contribution in [0.2, 0.25) is 0 Å². The van der Waals surface area contributed by atoms with Gasteiger partial charge in [0.2, 0.25) is 0 Å². The molecule has 0 aromatic heterocycles. The van der Waals surface area contributed by atoms with E-state index in [4.69, 9.17) is 0 Å². The Balaban J connectivity index is 2.28. The molecule has 0 saturated carbocycles. The Morgan fingerprint density at radius 2 is 1.86 bits per heavy atom. The molecule has 4 nitrogen and oxygen atoms in total. The number of halogens is 1. The number of anilines is 1. The summed E-state index contributed by atoms with van der Waals surface area (Å²) in [6.07, 6.45) is 1.13.